The van der Waals surface area contributed by atoms with Crippen molar-refractivity contribution in [2.75, 3.05) is 7.11 Å². The molecule has 0 aromatic carbocycles. The van der Waals surface area contributed by atoms with Crippen molar-refractivity contribution in [3.63, 3.8) is 0 Å². The van der Waals surface area contributed by atoms with E-state index in [0.717, 1.165) is 36.9 Å². The third kappa shape index (κ3) is 2.81. The van der Waals surface area contributed by atoms with Crippen LogP contribution in [0.1, 0.15) is 43.4 Å². The molecule has 0 amide bonds. The number of aliphatic hydroxyl groups excluding tert-OH is 1. The first-order chi connectivity index (χ1) is 9.00. The van der Waals surface area contributed by atoms with Crippen molar-refractivity contribution >= 4 is 11.6 Å². The van der Waals surface area contributed by atoms with Crippen molar-refractivity contribution < 1.29 is 9.84 Å². The van der Waals surface area contributed by atoms with Gasteiger partial charge in [0.05, 0.1) is 17.4 Å². The molecule has 1 atom stereocenters. The van der Waals surface area contributed by atoms with Crippen molar-refractivity contribution in [1.29, 1.82) is 0 Å². The molecule has 1 saturated carbocycles. The summed E-state index contributed by atoms with van der Waals surface area (Å²) in [7, 11) is 3.52. The van der Waals surface area contributed by atoms with Gasteiger partial charge in [0.2, 0.25) is 0 Å². The summed E-state index contributed by atoms with van der Waals surface area (Å²) in [6, 6.07) is 0. The summed E-state index contributed by atoms with van der Waals surface area (Å²) in [5.74, 6) is 0. The molecule has 1 heterocycles. The summed E-state index contributed by atoms with van der Waals surface area (Å²) >= 11 is 6.23. The van der Waals surface area contributed by atoms with Crippen LogP contribution in [-0.2, 0) is 18.2 Å². The lowest BCUT2D eigenvalue weighted by molar-refractivity contribution is -0.122. The van der Waals surface area contributed by atoms with Gasteiger partial charge in [-0.25, -0.2) is 0 Å². The highest BCUT2D eigenvalue weighted by Crippen LogP contribution is 2.36. The van der Waals surface area contributed by atoms with Gasteiger partial charge < -0.3 is 9.84 Å². The van der Waals surface area contributed by atoms with Gasteiger partial charge in [0.25, 0.3) is 0 Å². The van der Waals surface area contributed by atoms with Crippen LogP contribution in [0, 0.1) is 6.92 Å². The van der Waals surface area contributed by atoms with E-state index in [4.69, 9.17) is 16.3 Å². The largest absolute Gasteiger partial charge is 0.390 e. The molecular weight excluding hydrogens is 264 g/mol. The summed E-state index contributed by atoms with van der Waals surface area (Å²) < 4.78 is 7.33. The summed E-state index contributed by atoms with van der Waals surface area (Å²) in [5, 5.41) is 15.5. The predicted molar refractivity (Wildman–Crippen MR) is 75.5 cm³/mol. The maximum atomic E-state index is 10.6. The van der Waals surface area contributed by atoms with E-state index < -0.39 is 11.7 Å². The molecule has 0 radical (unpaired) electrons. The molecule has 108 valence electrons. The Labute approximate surface area is 119 Å². The minimum Gasteiger partial charge on any atom is -0.390 e. The lowest BCUT2D eigenvalue weighted by Gasteiger charge is -2.40. The van der Waals surface area contributed by atoms with E-state index in [-0.39, 0.29) is 0 Å². The Hall–Kier alpha value is -0.580. The second-order valence-electron chi connectivity index (χ2n) is 5.53. The van der Waals surface area contributed by atoms with Gasteiger partial charge in [0.15, 0.2) is 0 Å². The zero-order valence-corrected chi connectivity index (χ0v) is 12.7. The average Bonchev–Trinajstić information content (AvgIpc) is 2.66. The van der Waals surface area contributed by atoms with Gasteiger partial charge in [0.1, 0.15) is 5.15 Å². The first kappa shape index (κ1) is 14.8. The number of methoxy groups -OCH3 is 1. The SMILES string of the molecule is COC1(C(O)Cc2c(C)nn(C)c2Cl)CCCCC1. The fourth-order valence-electron chi connectivity index (χ4n) is 3.11. The number of rotatable bonds is 4. The van der Waals surface area contributed by atoms with Crippen molar-refractivity contribution in [3.8, 4) is 0 Å². The van der Waals surface area contributed by atoms with E-state index in [1.54, 1.807) is 11.8 Å². The molecule has 0 aliphatic heterocycles. The fourth-order valence-corrected chi connectivity index (χ4v) is 3.36. The number of aromatic nitrogens is 2. The fraction of sp³-hybridized carbons (Fsp3) is 0.786. The number of aliphatic hydroxyl groups is 1. The van der Waals surface area contributed by atoms with E-state index in [1.807, 2.05) is 14.0 Å². The maximum Gasteiger partial charge on any atom is 0.130 e. The molecule has 0 spiro atoms. The topological polar surface area (TPSA) is 47.3 Å². The van der Waals surface area contributed by atoms with Crippen LogP contribution in [0.3, 0.4) is 0 Å². The number of nitrogens with zero attached hydrogens (tertiary/aromatic N) is 2. The molecule has 5 heteroatoms. The highest BCUT2D eigenvalue weighted by molar-refractivity contribution is 6.30. The smallest absolute Gasteiger partial charge is 0.130 e. The van der Waals surface area contributed by atoms with Gasteiger partial charge in [0, 0.05) is 26.1 Å². The third-order valence-corrected chi connectivity index (χ3v) is 4.85. The van der Waals surface area contributed by atoms with E-state index in [2.05, 4.69) is 5.10 Å². The Kier molecular flexibility index (Phi) is 4.54. The highest BCUT2D eigenvalue weighted by Gasteiger charge is 2.39. The molecule has 2 rings (SSSR count). The van der Waals surface area contributed by atoms with Crippen LogP contribution >= 0.6 is 11.6 Å². The molecule has 1 aromatic rings. The van der Waals surface area contributed by atoms with Gasteiger partial charge in [-0.05, 0) is 19.8 Å². The van der Waals surface area contributed by atoms with E-state index in [1.165, 1.54) is 6.42 Å². The van der Waals surface area contributed by atoms with Crippen LogP contribution in [0.15, 0.2) is 0 Å². The lowest BCUT2D eigenvalue weighted by atomic mass is 9.78. The molecular formula is C14H23ClN2O2. The second-order valence-corrected chi connectivity index (χ2v) is 5.89. The zero-order chi connectivity index (χ0) is 14.0. The monoisotopic (exact) mass is 286 g/mol. The van der Waals surface area contributed by atoms with E-state index in [0.29, 0.717) is 11.6 Å². The van der Waals surface area contributed by atoms with Crippen LogP contribution in [-0.4, -0.2) is 33.7 Å². The molecule has 1 aromatic heterocycles. The Bertz CT molecular complexity index is 439. The maximum absolute atomic E-state index is 10.6. The zero-order valence-electron chi connectivity index (χ0n) is 11.9. The molecule has 1 fully saturated rings. The van der Waals surface area contributed by atoms with Crippen LogP contribution in [0.5, 0.6) is 0 Å². The van der Waals surface area contributed by atoms with Crippen LogP contribution in [0.2, 0.25) is 5.15 Å². The van der Waals surface area contributed by atoms with Crippen molar-refractivity contribution in [1.82, 2.24) is 9.78 Å². The van der Waals surface area contributed by atoms with Crippen molar-refractivity contribution in [3.05, 3.63) is 16.4 Å². The second kappa shape index (κ2) is 5.81. The lowest BCUT2D eigenvalue weighted by Crippen LogP contribution is -2.47. The molecule has 19 heavy (non-hydrogen) atoms. The van der Waals surface area contributed by atoms with Gasteiger partial charge >= 0.3 is 0 Å². The minimum absolute atomic E-state index is 0.413. The predicted octanol–water partition coefficient (Wildman–Crippen LogP) is 2.63. The quantitative estimate of drug-likeness (QED) is 0.926. The van der Waals surface area contributed by atoms with E-state index in [9.17, 15) is 5.11 Å². The van der Waals surface area contributed by atoms with Crippen LogP contribution in [0.4, 0.5) is 0 Å². The van der Waals surface area contributed by atoms with Gasteiger partial charge in [-0.15, -0.1) is 0 Å². The average molecular weight is 287 g/mol. The number of hydrogen-bond acceptors (Lipinski definition) is 3. The Morgan fingerprint density at radius 2 is 2.05 bits per heavy atom. The Balaban J connectivity index is 2.17. The number of aryl methyl sites for hydroxylation is 2. The standard InChI is InChI=1S/C14H23ClN2O2/c1-10-11(13(15)17(2)16-10)9-12(18)14(19-3)7-5-4-6-8-14/h12,18H,4-9H2,1-3H3. The summed E-state index contributed by atoms with van der Waals surface area (Å²) in [5.41, 5.74) is 1.40. The molecule has 0 saturated heterocycles. The summed E-state index contributed by atoms with van der Waals surface area (Å²) in [6.07, 6.45) is 5.27. The molecule has 1 aliphatic rings. The van der Waals surface area contributed by atoms with Crippen LogP contribution in [0.25, 0.3) is 0 Å². The normalized spacial score (nSPS) is 20.5. The first-order valence-electron chi connectivity index (χ1n) is 6.91. The number of hydrogen-bond donors (Lipinski definition) is 1. The molecule has 0 bridgehead atoms. The Morgan fingerprint density at radius 3 is 2.53 bits per heavy atom. The molecule has 4 nitrogen and oxygen atoms in total. The van der Waals surface area contributed by atoms with Crippen LogP contribution < -0.4 is 0 Å². The molecule has 1 N–H and O–H groups in total. The van der Waals surface area contributed by atoms with Crippen molar-refractivity contribution in [2.24, 2.45) is 7.05 Å². The highest BCUT2D eigenvalue weighted by atomic mass is 35.5. The number of halogens is 1. The van der Waals surface area contributed by atoms with Crippen molar-refractivity contribution in [2.45, 2.75) is 57.2 Å². The number of ether oxygens (including phenoxy) is 1. The molecule has 1 unspecified atom stereocenters. The van der Waals surface area contributed by atoms with E-state index >= 15 is 0 Å². The summed E-state index contributed by atoms with van der Waals surface area (Å²) in [4.78, 5) is 0. The van der Waals surface area contributed by atoms with Gasteiger partial charge in [-0.2, -0.15) is 5.10 Å². The van der Waals surface area contributed by atoms with Gasteiger partial charge in [-0.1, -0.05) is 30.9 Å². The van der Waals surface area contributed by atoms with Gasteiger partial charge in [-0.3, -0.25) is 4.68 Å². The summed E-state index contributed by atoms with van der Waals surface area (Å²) in [6.45, 7) is 1.92. The third-order valence-electron chi connectivity index (χ3n) is 4.38. The minimum atomic E-state index is -0.529. The first-order valence-corrected chi connectivity index (χ1v) is 7.29. The Morgan fingerprint density at radius 1 is 1.42 bits per heavy atom. The molecule has 1 aliphatic carbocycles.